The van der Waals surface area contributed by atoms with Gasteiger partial charge in [0.05, 0.1) is 5.71 Å². The molecule has 4 nitrogen and oxygen atoms in total. The average molecular weight is 389 g/mol. The first-order chi connectivity index (χ1) is 13.4. The van der Waals surface area contributed by atoms with Crippen LogP contribution in [0, 0.1) is 40.4 Å². The van der Waals surface area contributed by atoms with Crippen molar-refractivity contribution in [1.82, 2.24) is 5.32 Å². The van der Waals surface area contributed by atoms with Crippen molar-refractivity contribution < 1.29 is 9.63 Å². The van der Waals surface area contributed by atoms with Crippen LogP contribution in [0.1, 0.15) is 78.6 Å². The number of ketones is 1. The lowest BCUT2D eigenvalue weighted by Gasteiger charge is -2.61. The monoisotopic (exact) mass is 388 g/mol. The molecule has 0 amide bonds. The number of nitrogens with one attached hydrogen (secondary N) is 1. The Morgan fingerprint density at radius 1 is 1.14 bits per heavy atom. The van der Waals surface area contributed by atoms with Crippen molar-refractivity contribution in [3.8, 4) is 0 Å². The van der Waals surface area contributed by atoms with E-state index in [0.29, 0.717) is 23.7 Å². The van der Waals surface area contributed by atoms with Crippen LogP contribution in [0.3, 0.4) is 0 Å². The van der Waals surface area contributed by atoms with Crippen LogP contribution < -0.4 is 5.32 Å². The molecule has 4 aliphatic rings. The molecule has 4 aliphatic carbocycles. The smallest absolute Gasteiger partial charge is 0.139 e. The van der Waals surface area contributed by atoms with Crippen molar-refractivity contribution in [2.24, 2.45) is 45.6 Å². The first kappa shape index (κ1) is 20.4. The molecule has 28 heavy (non-hydrogen) atoms. The molecule has 0 saturated heterocycles. The van der Waals surface area contributed by atoms with Crippen LogP contribution in [0.5, 0.6) is 0 Å². The van der Waals surface area contributed by atoms with Crippen LogP contribution in [0.25, 0.3) is 0 Å². The van der Waals surface area contributed by atoms with Gasteiger partial charge in [0.15, 0.2) is 0 Å². The van der Waals surface area contributed by atoms with Gasteiger partial charge in [0.1, 0.15) is 12.4 Å². The molecule has 0 aromatic rings. The first-order valence-electron chi connectivity index (χ1n) is 11.8. The molecule has 0 bridgehead atoms. The summed E-state index contributed by atoms with van der Waals surface area (Å²) in [5.41, 5.74) is 1.70. The highest BCUT2D eigenvalue weighted by atomic mass is 16.6. The fourth-order valence-electron chi connectivity index (χ4n) is 7.83. The van der Waals surface area contributed by atoms with E-state index in [4.69, 9.17) is 4.84 Å². The summed E-state index contributed by atoms with van der Waals surface area (Å²) in [6.07, 6.45) is 10.2. The Hall–Kier alpha value is -0.900. The second-order valence-electron chi connectivity index (χ2n) is 10.8. The first-order valence-corrected chi connectivity index (χ1v) is 11.8. The van der Waals surface area contributed by atoms with Crippen molar-refractivity contribution in [2.75, 3.05) is 20.2 Å². The zero-order valence-electron chi connectivity index (χ0n) is 18.4. The summed E-state index contributed by atoms with van der Waals surface area (Å²) >= 11 is 0. The van der Waals surface area contributed by atoms with Crippen molar-refractivity contribution in [2.45, 2.75) is 78.6 Å². The normalized spacial score (nSPS) is 46.8. The molecular formula is C24H40N2O2. The number of hydrogen-bond donors (Lipinski definition) is 1. The molecule has 158 valence electrons. The average Bonchev–Trinajstić information content (AvgIpc) is 2.98. The Morgan fingerprint density at radius 3 is 2.75 bits per heavy atom. The molecule has 0 heterocycles. The molecule has 2 unspecified atom stereocenters. The van der Waals surface area contributed by atoms with E-state index >= 15 is 0 Å². The van der Waals surface area contributed by atoms with Gasteiger partial charge in [-0.1, -0.05) is 25.9 Å². The van der Waals surface area contributed by atoms with Gasteiger partial charge in [-0.05, 0) is 100.0 Å². The summed E-state index contributed by atoms with van der Waals surface area (Å²) < 4.78 is 0. The summed E-state index contributed by atoms with van der Waals surface area (Å²) in [6.45, 7) is 9.03. The molecule has 0 radical (unpaired) electrons. The van der Waals surface area contributed by atoms with Crippen molar-refractivity contribution >= 4 is 11.5 Å². The third kappa shape index (κ3) is 3.24. The van der Waals surface area contributed by atoms with Crippen LogP contribution in [-0.4, -0.2) is 31.7 Å². The standard InChI is InChI=1S/C24H40N2O2/c1-16-14-18-19-6-7-22(27)24(19,3)11-9-20(18)23(2)10-8-17(15-21(16)23)26-28-13-5-12-25-4/h16,18-21,25H,5-15H2,1-4H3/t16?,18-,19-,20+,21?,23+,24-/m0/s1. The highest BCUT2D eigenvalue weighted by Gasteiger charge is 2.61. The molecule has 4 fully saturated rings. The Labute approximate surface area is 171 Å². The third-order valence-electron chi connectivity index (χ3n) is 9.43. The van der Waals surface area contributed by atoms with Crippen molar-refractivity contribution in [1.29, 1.82) is 0 Å². The van der Waals surface area contributed by atoms with Gasteiger partial charge in [-0.25, -0.2) is 0 Å². The van der Waals surface area contributed by atoms with E-state index in [9.17, 15) is 4.79 Å². The zero-order chi connectivity index (χ0) is 19.9. The molecule has 1 N–H and O–H groups in total. The Kier molecular flexibility index (Phi) is 5.63. The van der Waals surface area contributed by atoms with E-state index in [1.165, 1.54) is 25.0 Å². The predicted molar refractivity (Wildman–Crippen MR) is 113 cm³/mol. The van der Waals surface area contributed by atoms with Gasteiger partial charge in [-0.2, -0.15) is 0 Å². The maximum absolute atomic E-state index is 12.6. The largest absolute Gasteiger partial charge is 0.396 e. The molecule has 0 aromatic heterocycles. The number of nitrogens with zero attached hydrogens (tertiary/aromatic N) is 1. The second-order valence-corrected chi connectivity index (χ2v) is 10.8. The molecule has 0 spiro atoms. The van der Waals surface area contributed by atoms with Crippen LogP contribution in [-0.2, 0) is 9.63 Å². The highest BCUT2D eigenvalue weighted by molar-refractivity contribution is 5.87. The van der Waals surface area contributed by atoms with Gasteiger partial charge >= 0.3 is 0 Å². The summed E-state index contributed by atoms with van der Waals surface area (Å²) in [5.74, 6) is 4.21. The highest BCUT2D eigenvalue weighted by Crippen LogP contribution is 2.66. The maximum Gasteiger partial charge on any atom is 0.139 e. The van der Waals surface area contributed by atoms with Crippen LogP contribution in [0.4, 0.5) is 0 Å². The third-order valence-corrected chi connectivity index (χ3v) is 9.43. The number of fused-ring (bicyclic) bond motifs is 5. The second kappa shape index (κ2) is 7.74. The molecule has 4 saturated carbocycles. The van der Waals surface area contributed by atoms with Crippen LogP contribution in [0.2, 0.25) is 0 Å². The predicted octanol–water partition coefficient (Wildman–Crippen LogP) is 4.83. The lowest BCUT2D eigenvalue weighted by molar-refractivity contribution is -0.141. The fraction of sp³-hybridized carbons (Fsp3) is 0.917. The van der Waals surface area contributed by atoms with E-state index in [1.807, 2.05) is 7.05 Å². The summed E-state index contributed by atoms with van der Waals surface area (Å²) in [4.78, 5) is 18.2. The van der Waals surface area contributed by atoms with E-state index in [-0.39, 0.29) is 5.41 Å². The topological polar surface area (TPSA) is 50.7 Å². The van der Waals surface area contributed by atoms with E-state index < -0.39 is 0 Å². The molecule has 0 aliphatic heterocycles. The molecular weight excluding hydrogens is 348 g/mol. The van der Waals surface area contributed by atoms with E-state index in [0.717, 1.165) is 68.7 Å². The summed E-state index contributed by atoms with van der Waals surface area (Å²) in [6, 6.07) is 0. The van der Waals surface area contributed by atoms with Gasteiger partial charge in [0.25, 0.3) is 0 Å². The van der Waals surface area contributed by atoms with E-state index in [2.05, 4.69) is 31.2 Å². The number of oxime groups is 1. The number of carbonyl (C=O) groups excluding carboxylic acids is 1. The van der Waals surface area contributed by atoms with Crippen molar-refractivity contribution in [3.63, 3.8) is 0 Å². The van der Waals surface area contributed by atoms with Gasteiger partial charge < -0.3 is 10.2 Å². The minimum Gasteiger partial charge on any atom is -0.396 e. The Balaban J connectivity index is 1.47. The minimum atomic E-state index is -0.00739. The Morgan fingerprint density at radius 2 is 1.96 bits per heavy atom. The quantitative estimate of drug-likeness (QED) is 0.542. The molecule has 7 atom stereocenters. The maximum atomic E-state index is 12.6. The van der Waals surface area contributed by atoms with Gasteiger partial charge in [0, 0.05) is 11.8 Å². The number of carbonyl (C=O) groups is 1. The van der Waals surface area contributed by atoms with Crippen LogP contribution >= 0.6 is 0 Å². The van der Waals surface area contributed by atoms with Crippen molar-refractivity contribution in [3.05, 3.63) is 0 Å². The fourth-order valence-corrected chi connectivity index (χ4v) is 7.83. The van der Waals surface area contributed by atoms with Gasteiger partial charge in [0.2, 0.25) is 0 Å². The molecule has 4 heteroatoms. The minimum absolute atomic E-state index is 0.00739. The summed E-state index contributed by atoms with van der Waals surface area (Å²) in [5, 5.41) is 7.69. The van der Waals surface area contributed by atoms with E-state index in [1.54, 1.807) is 0 Å². The van der Waals surface area contributed by atoms with Crippen LogP contribution in [0.15, 0.2) is 5.16 Å². The van der Waals surface area contributed by atoms with Gasteiger partial charge in [-0.3, -0.25) is 4.79 Å². The number of hydrogen-bond acceptors (Lipinski definition) is 4. The lowest BCUT2D eigenvalue weighted by Crippen LogP contribution is -2.56. The molecule has 4 rings (SSSR count). The lowest BCUT2D eigenvalue weighted by atomic mass is 9.43. The molecule has 0 aromatic carbocycles. The van der Waals surface area contributed by atoms with Gasteiger partial charge in [-0.15, -0.1) is 0 Å². The number of Topliss-reactive ketones (excluding diaryl/α,β-unsaturated/α-hetero) is 1. The zero-order valence-corrected chi connectivity index (χ0v) is 18.4. The number of rotatable bonds is 5. The SMILES string of the molecule is CNCCCON=C1CC[C@@]2(C)C(C1)C(C)C[C@@H]1[C@H]2CC[C@]2(C)C(=O)CC[C@@H]12. The summed E-state index contributed by atoms with van der Waals surface area (Å²) in [7, 11) is 1.97. The Bertz CT molecular complexity index is 632.